The lowest BCUT2D eigenvalue weighted by Gasteiger charge is -2.24. The van der Waals surface area contributed by atoms with Gasteiger partial charge >= 0.3 is 5.97 Å². The van der Waals surface area contributed by atoms with Crippen LogP contribution in [0.15, 0.2) is 12.2 Å². The molecule has 3 atom stereocenters. The van der Waals surface area contributed by atoms with Crippen LogP contribution in [0.5, 0.6) is 0 Å². The molecule has 0 fully saturated rings. The number of nitrogens with one attached hydrogen (secondary N) is 1. The van der Waals surface area contributed by atoms with Gasteiger partial charge < -0.3 is 20.3 Å². The van der Waals surface area contributed by atoms with Gasteiger partial charge in [0.25, 0.3) is 0 Å². The van der Waals surface area contributed by atoms with Crippen molar-refractivity contribution in [2.75, 3.05) is 6.61 Å². The van der Waals surface area contributed by atoms with Gasteiger partial charge in [-0.1, -0.05) is 187 Å². The molecule has 0 aromatic rings. The molecule has 0 saturated heterocycles. The largest absolute Gasteiger partial charge is 0.462 e. The average molecular weight is 708 g/mol. The van der Waals surface area contributed by atoms with E-state index in [4.69, 9.17) is 4.74 Å². The summed E-state index contributed by atoms with van der Waals surface area (Å²) >= 11 is 0. The summed E-state index contributed by atoms with van der Waals surface area (Å²) in [7, 11) is 0. The Kier molecular flexibility index (Phi) is 37.7. The summed E-state index contributed by atoms with van der Waals surface area (Å²) in [5, 5.41) is 23.6. The third kappa shape index (κ3) is 33.7. The fraction of sp³-hybridized carbons (Fsp3) is 0.909. The molecule has 0 spiro atoms. The number of aliphatic hydroxyl groups is 2. The molecule has 1 amide bonds. The van der Waals surface area contributed by atoms with E-state index in [0.29, 0.717) is 19.3 Å². The fourth-order valence-electron chi connectivity index (χ4n) is 6.70. The van der Waals surface area contributed by atoms with E-state index in [9.17, 15) is 19.8 Å². The smallest absolute Gasteiger partial charge is 0.306 e. The van der Waals surface area contributed by atoms with Gasteiger partial charge in [0.15, 0.2) is 0 Å². The Labute approximate surface area is 310 Å². The molecular formula is C44H85NO5. The molecule has 0 aliphatic carbocycles. The van der Waals surface area contributed by atoms with Crippen LogP contribution in [-0.2, 0) is 14.3 Å². The molecule has 50 heavy (non-hydrogen) atoms. The van der Waals surface area contributed by atoms with Crippen molar-refractivity contribution in [1.82, 2.24) is 5.32 Å². The number of ether oxygens (including phenoxy) is 1. The predicted molar refractivity (Wildman–Crippen MR) is 213 cm³/mol. The van der Waals surface area contributed by atoms with Crippen LogP contribution in [0.25, 0.3) is 0 Å². The number of esters is 1. The summed E-state index contributed by atoms with van der Waals surface area (Å²) in [4.78, 5) is 25.8. The summed E-state index contributed by atoms with van der Waals surface area (Å²) in [5.41, 5.74) is 0. The average Bonchev–Trinajstić information content (AvgIpc) is 3.10. The summed E-state index contributed by atoms with van der Waals surface area (Å²) in [6.07, 6.45) is 39.9. The minimum absolute atomic E-state index is 0.0718. The molecular weight excluding hydrogens is 622 g/mol. The predicted octanol–water partition coefficient (Wildman–Crippen LogP) is 12.2. The zero-order chi connectivity index (χ0) is 36.8. The van der Waals surface area contributed by atoms with Crippen LogP contribution in [-0.4, -0.2) is 46.9 Å². The normalized spacial score (nSPS) is 13.5. The number of carbonyl (C=O) groups is 2. The van der Waals surface area contributed by atoms with Crippen molar-refractivity contribution in [1.29, 1.82) is 0 Å². The van der Waals surface area contributed by atoms with Gasteiger partial charge in [-0.2, -0.15) is 0 Å². The van der Waals surface area contributed by atoms with Crippen molar-refractivity contribution in [2.24, 2.45) is 0 Å². The summed E-state index contributed by atoms with van der Waals surface area (Å²) in [5.74, 6) is -0.487. The van der Waals surface area contributed by atoms with Crippen molar-refractivity contribution >= 4 is 11.9 Å². The molecule has 0 bridgehead atoms. The van der Waals surface area contributed by atoms with E-state index in [1.807, 2.05) is 0 Å². The quantitative estimate of drug-likeness (QED) is 0.0336. The van der Waals surface area contributed by atoms with Crippen LogP contribution in [0.4, 0.5) is 0 Å². The monoisotopic (exact) mass is 708 g/mol. The van der Waals surface area contributed by atoms with Crippen LogP contribution in [0.1, 0.15) is 233 Å². The Morgan fingerprint density at radius 3 is 1.48 bits per heavy atom. The van der Waals surface area contributed by atoms with E-state index in [0.717, 1.165) is 64.2 Å². The number of aliphatic hydroxyl groups excluding tert-OH is 2. The SMILES string of the molecule is CCCC/C=C\CCCCCC(CC(=O)NC(CO)C(O)CCCCCCCCCCCCCCC)OC(=O)CCCCCCCCCCC. The van der Waals surface area contributed by atoms with Gasteiger partial charge in [0.1, 0.15) is 6.10 Å². The molecule has 0 heterocycles. The molecule has 0 aliphatic rings. The maximum Gasteiger partial charge on any atom is 0.306 e. The van der Waals surface area contributed by atoms with Crippen LogP contribution >= 0.6 is 0 Å². The third-order valence-electron chi connectivity index (χ3n) is 10.1. The standard InChI is InChI=1S/C44H85NO5/c1-4-7-10-13-16-19-20-21-22-25-27-30-33-36-42(47)41(39-46)45-43(48)38-40(35-32-29-26-23-17-14-11-8-5-2)50-44(49)37-34-31-28-24-18-15-12-9-6-3/h14,17,40-42,46-47H,4-13,15-16,18-39H2,1-3H3,(H,45,48)/b17-14-. The van der Waals surface area contributed by atoms with E-state index in [1.54, 1.807) is 0 Å². The number of hydrogen-bond donors (Lipinski definition) is 3. The van der Waals surface area contributed by atoms with Gasteiger partial charge in [0.2, 0.25) is 5.91 Å². The maximum atomic E-state index is 13.1. The van der Waals surface area contributed by atoms with Gasteiger partial charge in [-0.05, 0) is 44.9 Å². The molecule has 0 aliphatic heterocycles. The van der Waals surface area contributed by atoms with Gasteiger partial charge in [-0.15, -0.1) is 0 Å². The lowest BCUT2D eigenvalue weighted by Crippen LogP contribution is -2.46. The van der Waals surface area contributed by atoms with Crippen LogP contribution < -0.4 is 5.32 Å². The Morgan fingerprint density at radius 2 is 0.980 bits per heavy atom. The zero-order valence-corrected chi connectivity index (χ0v) is 33.5. The number of unbranched alkanes of at least 4 members (excludes halogenated alkanes) is 25. The molecule has 0 aromatic heterocycles. The van der Waals surface area contributed by atoms with Gasteiger partial charge in [-0.25, -0.2) is 0 Å². The molecule has 3 N–H and O–H groups in total. The molecule has 6 heteroatoms. The number of amides is 1. The van der Waals surface area contributed by atoms with Crippen LogP contribution in [0.3, 0.4) is 0 Å². The molecule has 6 nitrogen and oxygen atoms in total. The summed E-state index contributed by atoms with van der Waals surface area (Å²) in [6.45, 7) is 6.41. The molecule has 296 valence electrons. The molecule has 0 saturated carbocycles. The van der Waals surface area contributed by atoms with E-state index in [2.05, 4.69) is 38.2 Å². The number of carbonyl (C=O) groups excluding carboxylic acids is 2. The van der Waals surface area contributed by atoms with Crippen molar-refractivity contribution in [3.05, 3.63) is 12.2 Å². The minimum Gasteiger partial charge on any atom is -0.462 e. The fourth-order valence-corrected chi connectivity index (χ4v) is 6.70. The van der Waals surface area contributed by atoms with E-state index in [1.165, 1.54) is 122 Å². The second-order valence-corrected chi connectivity index (χ2v) is 15.1. The first-order valence-corrected chi connectivity index (χ1v) is 21.9. The number of allylic oxidation sites excluding steroid dienone is 2. The van der Waals surface area contributed by atoms with E-state index >= 15 is 0 Å². The molecule has 0 aromatic carbocycles. The highest BCUT2D eigenvalue weighted by atomic mass is 16.5. The van der Waals surface area contributed by atoms with Crippen molar-refractivity contribution in [3.63, 3.8) is 0 Å². The first-order valence-electron chi connectivity index (χ1n) is 21.9. The van der Waals surface area contributed by atoms with Crippen molar-refractivity contribution in [2.45, 2.75) is 251 Å². The lowest BCUT2D eigenvalue weighted by atomic mass is 10.0. The Morgan fingerprint density at radius 1 is 0.560 bits per heavy atom. The molecule has 0 radical (unpaired) electrons. The molecule has 3 unspecified atom stereocenters. The van der Waals surface area contributed by atoms with Crippen LogP contribution in [0, 0.1) is 0 Å². The first kappa shape index (κ1) is 48.6. The van der Waals surface area contributed by atoms with Crippen molar-refractivity contribution < 1.29 is 24.5 Å². The third-order valence-corrected chi connectivity index (χ3v) is 10.1. The van der Waals surface area contributed by atoms with Gasteiger partial charge in [0, 0.05) is 6.42 Å². The van der Waals surface area contributed by atoms with Gasteiger partial charge in [-0.3, -0.25) is 9.59 Å². The number of hydrogen-bond acceptors (Lipinski definition) is 5. The van der Waals surface area contributed by atoms with Crippen molar-refractivity contribution in [3.8, 4) is 0 Å². The van der Waals surface area contributed by atoms with Crippen LogP contribution in [0.2, 0.25) is 0 Å². The van der Waals surface area contributed by atoms with E-state index in [-0.39, 0.29) is 24.9 Å². The zero-order valence-electron chi connectivity index (χ0n) is 33.5. The minimum atomic E-state index is -0.783. The Bertz CT molecular complexity index is 757. The highest BCUT2D eigenvalue weighted by molar-refractivity contribution is 5.77. The highest BCUT2D eigenvalue weighted by Gasteiger charge is 2.24. The Balaban J connectivity index is 4.50. The molecule has 0 rings (SSSR count). The second-order valence-electron chi connectivity index (χ2n) is 15.1. The topological polar surface area (TPSA) is 95.9 Å². The lowest BCUT2D eigenvalue weighted by molar-refractivity contribution is -0.151. The number of rotatable bonds is 39. The first-order chi connectivity index (χ1) is 24.5. The maximum absolute atomic E-state index is 13.1. The highest BCUT2D eigenvalue weighted by Crippen LogP contribution is 2.17. The second kappa shape index (κ2) is 38.8. The van der Waals surface area contributed by atoms with E-state index < -0.39 is 18.2 Å². The summed E-state index contributed by atoms with van der Waals surface area (Å²) in [6, 6.07) is -0.697. The Hall–Kier alpha value is -1.40. The summed E-state index contributed by atoms with van der Waals surface area (Å²) < 4.78 is 5.86. The van der Waals surface area contributed by atoms with Gasteiger partial charge in [0.05, 0.1) is 25.2 Å².